The standard InChI is InChI=1S/C22H23N5O3S2/c28-20(19-11-5-2-6-12-19)23-21-24-25-22(31-21)32(29,30)27-16-14-26(15-17-27)13-7-10-18-8-3-1-4-9-18/h1-12H,13-17H2,(H,23,24,28)/b10-7+. The van der Waals surface area contributed by atoms with Crippen LogP contribution >= 0.6 is 11.3 Å². The maximum Gasteiger partial charge on any atom is 0.272 e. The van der Waals surface area contributed by atoms with E-state index in [2.05, 4.69) is 32.6 Å². The largest absolute Gasteiger partial charge is 0.297 e. The molecule has 0 spiro atoms. The highest BCUT2D eigenvalue weighted by molar-refractivity contribution is 7.91. The highest BCUT2D eigenvalue weighted by Gasteiger charge is 2.31. The molecule has 166 valence electrons. The van der Waals surface area contributed by atoms with Gasteiger partial charge >= 0.3 is 0 Å². The number of benzene rings is 2. The molecule has 3 aromatic rings. The van der Waals surface area contributed by atoms with Gasteiger partial charge in [0.15, 0.2) is 0 Å². The van der Waals surface area contributed by atoms with Crippen molar-refractivity contribution in [3.05, 3.63) is 77.9 Å². The second-order valence-electron chi connectivity index (χ2n) is 7.21. The number of rotatable bonds is 7. The van der Waals surface area contributed by atoms with Crippen LogP contribution in [0.5, 0.6) is 0 Å². The zero-order valence-electron chi connectivity index (χ0n) is 17.3. The monoisotopic (exact) mass is 469 g/mol. The van der Waals surface area contributed by atoms with Gasteiger partial charge in [-0.1, -0.05) is 72.0 Å². The van der Waals surface area contributed by atoms with Crippen molar-refractivity contribution < 1.29 is 13.2 Å². The first-order valence-electron chi connectivity index (χ1n) is 10.2. The lowest BCUT2D eigenvalue weighted by Crippen LogP contribution is -2.48. The summed E-state index contributed by atoms with van der Waals surface area (Å²) < 4.78 is 27.2. The van der Waals surface area contributed by atoms with Crippen LogP contribution in [0.2, 0.25) is 0 Å². The quantitative estimate of drug-likeness (QED) is 0.535. The average molecular weight is 470 g/mol. The van der Waals surface area contributed by atoms with Crippen LogP contribution < -0.4 is 5.32 Å². The number of anilines is 1. The number of nitrogens with one attached hydrogen (secondary N) is 1. The van der Waals surface area contributed by atoms with Crippen molar-refractivity contribution in [1.29, 1.82) is 0 Å². The SMILES string of the molecule is O=C(Nc1nnc(S(=O)(=O)N2CCN(C/C=C/c3ccccc3)CC2)s1)c1ccccc1. The number of nitrogens with zero attached hydrogens (tertiary/aromatic N) is 4. The van der Waals surface area contributed by atoms with Gasteiger partial charge in [0.2, 0.25) is 9.47 Å². The van der Waals surface area contributed by atoms with Gasteiger partial charge in [-0.25, -0.2) is 8.42 Å². The van der Waals surface area contributed by atoms with Gasteiger partial charge in [0.05, 0.1) is 0 Å². The third-order valence-electron chi connectivity index (χ3n) is 5.03. The average Bonchev–Trinajstić information content (AvgIpc) is 3.30. The minimum Gasteiger partial charge on any atom is -0.297 e. The molecule has 1 fully saturated rings. The Bertz CT molecular complexity index is 1170. The van der Waals surface area contributed by atoms with Crippen LogP contribution in [0.25, 0.3) is 6.08 Å². The maximum absolute atomic E-state index is 13.0. The molecule has 0 saturated carbocycles. The van der Waals surface area contributed by atoms with E-state index in [1.165, 1.54) is 4.31 Å². The van der Waals surface area contributed by atoms with Crippen LogP contribution in [0.3, 0.4) is 0 Å². The molecule has 1 saturated heterocycles. The highest BCUT2D eigenvalue weighted by atomic mass is 32.2. The molecular formula is C22H23N5O3S2. The normalized spacial score (nSPS) is 15.8. The van der Waals surface area contributed by atoms with Gasteiger partial charge in [-0.2, -0.15) is 4.31 Å². The number of sulfonamides is 1. The van der Waals surface area contributed by atoms with Crippen LogP contribution in [0.4, 0.5) is 5.13 Å². The van der Waals surface area contributed by atoms with Gasteiger partial charge < -0.3 is 0 Å². The van der Waals surface area contributed by atoms with Gasteiger partial charge in [-0.05, 0) is 17.7 Å². The van der Waals surface area contributed by atoms with Crippen LogP contribution in [-0.4, -0.2) is 66.5 Å². The molecule has 1 amide bonds. The zero-order chi connectivity index (χ0) is 22.4. The predicted octanol–water partition coefficient (Wildman–Crippen LogP) is 2.81. The third-order valence-corrected chi connectivity index (χ3v) is 8.11. The first kappa shape index (κ1) is 22.3. The first-order valence-corrected chi connectivity index (χ1v) is 12.4. The minimum absolute atomic E-state index is 0.113. The fourth-order valence-electron chi connectivity index (χ4n) is 3.29. The number of piperazine rings is 1. The first-order chi connectivity index (χ1) is 15.5. The van der Waals surface area contributed by atoms with Crippen molar-refractivity contribution in [1.82, 2.24) is 19.4 Å². The fraction of sp³-hybridized carbons (Fsp3) is 0.227. The summed E-state index contributed by atoms with van der Waals surface area (Å²) in [4.78, 5) is 14.4. The number of amides is 1. The molecule has 8 nitrogen and oxygen atoms in total. The van der Waals surface area contributed by atoms with Crippen molar-refractivity contribution in [3.63, 3.8) is 0 Å². The van der Waals surface area contributed by atoms with Crippen LogP contribution in [-0.2, 0) is 10.0 Å². The Morgan fingerprint density at radius 1 is 0.969 bits per heavy atom. The number of carbonyl (C=O) groups excluding carboxylic acids is 1. The van der Waals surface area contributed by atoms with Crippen molar-refractivity contribution in [3.8, 4) is 0 Å². The molecule has 0 unspecified atom stereocenters. The van der Waals surface area contributed by atoms with E-state index in [1.807, 2.05) is 36.4 Å². The Balaban J connectivity index is 1.31. The molecule has 32 heavy (non-hydrogen) atoms. The van der Waals surface area contributed by atoms with E-state index >= 15 is 0 Å². The zero-order valence-corrected chi connectivity index (χ0v) is 18.9. The molecule has 2 heterocycles. The van der Waals surface area contributed by atoms with Crippen molar-refractivity contribution in [2.75, 3.05) is 38.0 Å². The second kappa shape index (κ2) is 10.1. The predicted molar refractivity (Wildman–Crippen MR) is 125 cm³/mol. The summed E-state index contributed by atoms with van der Waals surface area (Å²) in [6.07, 6.45) is 4.15. The Morgan fingerprint density at radius 2 is 1.62 bits per heavy atom. The van der Waals surface area contributed by atoms with E-state index in [1.54, 1.807) is 24.3 Å². The van der Waals surface area contributed by atoms with Crippen molar-refractivity contribution in [2.45, 2.75) is 4.34 Å². The molecule has 0 atom stereocenters. The molecule has 0 bridgehead atoms. The fourth-order valence-corrected chi connectivity index (χ4v) is 5.74. The molecule has 0 radical (unpaired) electrons. The minimum atomic E-state index is -3.75. The number of hydrogen-bond donors (Lipinski definition) is 1. The summed E-state index contributed by atoms with van der Waals surface area (Å²) in [5.41, 5.74) is 1.60. The third kappa shape index (κ3) is 5.46. The Labute approximate surface area is 191 Å². The van der Waals surface area contributed by atoms with E-state index in [4.69, 9.17) is 0 Å². The van der Waals surface area contributed by atoms with Gasteiger partial charge in [0, 0.05) is 38.3 Å². The van der Waals surface area contributed by atoms with Gasteiger partial charge in [0.1, 0.15) is 0 Å². The molecule has 0 aliphatic carbocycles. The van der Waals surface area contributed by atoms with E-state index < -0.39 is 10.0 Å². The summed E-state index contributed by atoms with van der Waals surface area (Å²) >= 11 is 0.860. The van der Waals surface area contributed by atoms with E-state index in [0.29, 0.717) is 31.7 Å². The number of carbonyl (C=O) groups is 1. The Hall–Kier alpha value is -2.92. The maximum atomic E-state index is 13.0. The number of aromatic nitrogens is 2. The smallest absolute Gasteiger partial charge is 0.272 e. The number of hydrogen-bond acceptors (Lipinski definition) is 7. The second-order valence-corrected chi connectivity index (χ2v) is 10.3. The summed E-state index contributed by atoms with van der Waals surface area (Å²) in [5.74, 6) is -0.358. The van der Waals surface area contributed by atoms with Crippen molar-refractivity contribution in [2.24, 2.45) is 0 Å². The van der Waals surface area contributed by atoms with Gasteiger partial charge in [-0.15, -0.1) is 10.2 Å². The lowest BCUT2D eigenvalue weighted by Gasteiger charge is -2.32. The molecule has 4 rings (SSSR count). The Kier molecular flexibility index (Phi) is 7.05. The molecular weight excluding hydrogens is 446 g/mol. The molecule has 1 aliphatic rings. The Morgan fingerprint density at radius 3 is 2.31 bits per heavy atom. The van der Waals surface area contributed by atoms with Gasteiger partial charge in [0.25, 0.3) is 15.9 Å². The molecule has 1 aromatic heterocycles. The highest BCUT2D eigenvalue weighted by Crippen LogP contribution is 2.24. The van der Waals surface area contributed by atoms with E-state index in [0.717, 1.165) is 23.4 Å². The lowest BCUT2D eigenvalue weighted by atomic mass is 10.2. The van der Waals surface area contributed by atoms with Gasteiger partial charge in [-0.3, -0.25) is 15.0 Å². The van der Waals surface area contributed by atoms with Crippen LogP contribution in [0.15, 0.2) is 71.1 Å². The van der Waals surface area contributed by atoms with E-state index in [-0.39, 0.29) is 15.4 Å². The lowest BCUT2D eigenvalue weighted by molar-refractivity contribution is 0.102. The van der Waals surface area contributed by atoms with Crippen LogP contribution in [0, 0.1) is 0 Å². The molecule has 2 aromatic carbocycles. The summed E-state index contributed by atoms with van der Waals surface area (Å²) in [5, 5.41) is 10.4. The topological polar surface area (TPSA) is 95.5 Å². The molecule has 1 N–H and O–H groups in total. The summed E-state index contributed by atoms with van der Waals surface area (Å²) in [6, 6.07) is 18.7. The molecule has 1 aliphatic heterocycles. The van der Waals surface area contributed by atoms with Crippen molar-refractivity contribution >= 4 is 38.5 Å². The molecule has 10 heteroatoms. The van der Waals surface area contributed by atoms with E-state index in [9.17, 15) is 13.2 Å². The summed E-state index contributed by atoms with van der Waals surface area (Å²) in [7, 11) is -3.75. The van der Waals surface area contributed by atoms with Crippen LogP contribution in [0.1, 0.15) is 15.9 Å². The summed E-state index contributed by atoms with van der Waals surface area (Å²) in [6.45, 7) is 2.79.